The van der Waals surface area contributed by atoms with Crippen LogP contribution in [0.15, 0.2) is 30.3 Å². The number of rotatable bonds is 5. The average molecular weight is 248 g/mol. The van der Waals surface area contributed by atoms with Crippen molar-refractivity contribution < 1.29 is 9.22 Å². The lowest BCUT2D eigenvalue weighted by molar-refractivity contribution is -0.915. The zero-order valence-corrected chi connectivity index (χ0v) is 11.8. The van der Waals surface area contributed by atoms with Gasteiger partial charge in [-0.05, 0) is 30.9 Å². The summed E-state index contributed by atoms with van der Waals surface area (Å²) in [5.74, 6) is 1.96. The number of likely N-dealkylation sites (N-methyl/N-ethyl adjacent to an activating group) is 1. The number of quaternary nitrogens is 1. The van der Waals surface area contributed by atoms with Gasteiger partial charge in [0.25, 0.3) is 0 Å². The predicted molar refractivity (Wildman–Crippen MR) is 75.7 cm³/mol. The smallest absolute Gasteiger partial charge is 0.137 e. The van der Waals surface area contributed by atoms with Crippen LogP contribution < -0.4 is 4.74 Å². The molecule has 1 aliphatic rings. The molecule has 1 fully saturated rings. The number of nitrogens with zero attached hydrogens (tertiary/aromatic N) is 1. The Morgan fingerprint density at radius 1 is 1.17 bits per heavy atom. The number of hydrogen-bond donors (Lipinski definition) is 0. The normalized spacial score (nSPS) is 28.0. The highest BCUT2D eigenvalue weighted by molar-refractivity contribution is 5.20. The van der Waals surface area contributed by atoms with Gasteiger partial charge in [-0.15, -0.1) is 0 Å². The van der Waals surface area contributed by atoms with Crippen LogP contribution in [0.5, 0.6) is 5.75 Å². The first-order valence-corrected chi connectivity index (χ1v) is 7.23. The molecule has 1 saturated heterocycles. The molecular weight excluding hydrogens is 222 g/mol. The van der Waals surface area contributed by atoms with Gasteiger partial charge >= 0.3 is 0 Å². The summed E-state index contributed by atoms with van der Waals surface area (Å²) < 4.78 is 7.00. The predicted octanol–water partition coefficient (Wildman–Crippen LogP) is 3.33. The molecule has 0 aliphatic carbocycles. The molecule has 0 aromatic heterocycles. The molecule has 0 amide bonds. The van der Waals surface area contributed by atoms with Crippen LogP contribution in [0.3, 0.4) is 0 Å². The van der Waals surface area contributed by atoms with E-state index in [1.54, 1.807) is 0 Å². The molecule has 0 saturated carbocycles. The lowest BCUT2D eigenvalue weighted by atomic mass is 9.93. The van der Waals surface area contributed by atoms with E-state index in [1.807, 2.05) is 30.3 Å². The lowest BCUT2D eigenvalue weighted by Crippen LogP contribution is -2.51. The van der Waals surface area contributed by atoms with E-state index in [9.17, 15) is 0 Å². The summed E-state index contributed by atoms with van der Waals surface area (Å²) in [5, 5.41) is 0. The Balaban J connectivity index is 1.73. The molecule has 0 N–H and O–H groups in total. The quantitative estimate of drug-likeness (QED) is 0.726. The van der Waals surface area contributed by atoms with Crippen LogP contribution in [0.25, 0.3) is 0 Å². The van der Waals surface area contributed by atoms with Gasteiger partial charge in [-0.25, -0.2) is 0 Å². The zero-order chi connectivity index (χ0) is 12.8. The second kappa shape index (κ2) is 6.24. The summed E-state index contributed by atoms with van der Waals surface area (Å²) in [6, 6.07) is 10.1. The van der Waals surface area contributed by atoms with Gasteiger partial charge in [-0.3, -0.25) is 0 Å². The molecule has 1 aromatic carbocycles. The van der Waals surface area contributed by atoms with Gasteiger partial charge in [0.05, 0.1) is 20.1 Å². The molecule has 1 heterocycles. The second-order valence-electron chi connectivity index (χ2n) is 5.80. The largest absolute Gasteiger partial charge is 0.488 e. The fraction of sp³-hybridized carbons (Fsp3) is 0.625. The number of hydrogen-bond acceptors (Lipinski definition) is 1. The van der Waals surface area contributed by atoms with E-state index in [1.165, 1.54) is 36.8 Å². The van der Waals surface area contributed by atoms with Crippen molar-refractivity contribution in [2.75, 3.05) is 33.3 Å². The van der Waals surface area contributed by atoms with Gasteiger partial charge < -0.3 is 9.22 Å². The Bertz CT molecular complexity index is 341. The topological polar surface area (TPSA) is 9.23 Å². The summed E-state index contributed by atoms with van der Waals surface area (Å²) in [5.41, 5.74) is 0. The van der Waals surface area contributed by atoms with E-state index in [-0.39, 0.29) is 0 Å². The molecule has 18 heavy (non-hydrogen) atoms. The van der Waals surface area contributed by atoms with Gasteiger partial charge in [0.15, 0.2) is 0 Å². The Labute approximate surface area is 111 Å². The van der Waals surface area contributed by atoms with Gasteiger partial charge in [0.2, 0.25) is 0 Å². The van der Waals surface area contributed by atoms with Crippen molar-refractivity contribution in [1.29, 1.82) is 0 Å². The minimum absolute atomic E-state index is 0.831. The van der Waals surface area contributed by atoms with Crippen LogP contribution >= 0.6 is 0 Å². The van der Waals surface area contributed by atoms with Crippen molar-refractivity contribution in [2.45, 2.75) is 26.2 Å². The maximum atomic E-state index is 5.81. The summed E-state index contributed by atoms with van der Waals surface area (Å²) in [4.78, 5) is 0. The average Bonchev–Trinajstić information content (AvgIpc) is 2.41. The number of piperidine rings is 1. The minimum Gasteiger partial charge on any atom is -0.488 e. The Morgan fingerprint density at radius 3 is 2.44 bits per heavy atom. The molecule has 2 heteroatoms. The molecule has 2 rings (SSSR count). The standard InChI is InChI=1S/C16H26NO/c1-3-15-9-11-17(2,12-10-15)13-14-18-16-7-5-4-6-8-16/h4-8,15H,3,9-14H2,1-2H3/q+1. The van der Waals surface area contributed by atoms with Crippen LogP contribution in [-0.4, -0.2) is 37.8 Å². The Morgan fingerprint density at radius 2 is 1.83 bits per heavy atom. The summed E-state index contributed by atoms with van der Waals surface area (Å²) in [7, 11) is 2.38. The van der Waals surface area contributed by atoms with Crippen molar-refractivity contribution in [3.63, 3.8) is 0 Å². The Kier molecular flexibility index (Phi) is 4.65. The number of ether oxygens (including phenoxy) is 1. The van der Waals surface area contributed by atoms with Gasteiger partial charge in [0.1, 0.15) is 18.9 Å². The van der Waals surface area contributed by atoms with E-state index >= 15 is 0 Å². The number of benzene rings is 1. The molecule has 100 valence electrons. The van der Waals surface area contributed by atoms with Crippen molar-refractivity contribution in [1.82, 2.24) is 0 Å². The third-order valence-corrected chi connectivity index (χ3v) is 4.37. The van der Waals surface area contributed by atoms with Gasteiger partial charge in [-0.2, -0.15) is 0 Å². The number of likely N-dealkylation sites (tertiary alicyclic amines) is 1. The zero-order valence-electron chi connectivity index (χ0n) is 11.8. The molecule has 0 bridgehead atoms. The molecule has 0 spiro atoms. The van der Waals surface area contributed by atoms with Crippen molar-refractivity contribution in [3.05, 3.63) is 30.3 Å². The molecule has 0 atom stereocenters. The fourth-order valence-electron chi connectivity index (χ4n) is 2.78. The van der Waals surface area contributed by atoms with Gasteiger partial charge in [-0.1, -0.05) is 31.5 Å². The van der Waals surface area contributed by atoms with Crippen molar-refractivity contribution in [2.24, 2.45) is 5.92 Å². The maximum absolute atomic E-state index is 5.81. The number of para-hydroxylation sites is 1. The SMILES string of the molecule is CCC1CC[N+](C)(CCOc2ccccc2)CC1. The van der Waals surface area contributed by atoms with Crippen molar-refractivity contribution >= 4 is 0 Å². The summed E-state index contributed by atoms with van der Waals surface area (Å²) in [6.45, 7) is 6.91. The molecule has 1 aliphatic heterocycles. The highest BCUT2D eigenvalue weighted by atomic mass is 16.5. The van der Waals surface area contributed by atoms with Crippen LogP contribution in [0.2, 0.25) is 0 Å². The molecule has 2 nitrogen and oxygen atoms in total. The third kappa shape index (κ3) is 3.74. The summed E-state index contributed by atoms with van der Waals surface area (Å²) in [6.07, 6.45) is 4.12. The third-order valence-electron chi connectivity index (χ3n) is 4.37. The molecule has 1 aromatic rings. The van der Waals surface area contributed by atoms with E-state index in [0.717, 1.165) is 24.8 Å². The fourth-order valence-corrected chi connectivity index (χ4v) is 2.78. The van der Waals surface area contributed by atoms with E-state index in [2.05, 4.69) is 14.0 Å². The highest BCUT2D eigenvalue weighted by Gasteiger charge is 2.28. The van der Waals surface area contributed by atoms with Crippen LogP contribution in [0, 0.1) is 5.92 Å². The molecule has 0 radical (unpaired) electrons. The minimum atomic E-state index is 0.831. The first kappa shape index (κ1) is 13.4. The lowest BCUT2D eigenvalue weighted by Gasteiger charge is -2.40. The summed E-state index contributed by atoms with van der Waals surface area (Å²) >= 11 is 0. The molecular formula is C16H26NO+. The van der Waals surface area contributed by atoms with Crippen molar-refractivity contribution in [3.8, 4) is 5.75 Å². The van der Waals surface area contributed by atoms with E-state index < -0.39 is 0 Å². The maximum Gasteiger partial charge on any atom is 0.137 e. The van der Waals surface area contributed by atoms with Crippen LogP contribution in [0.4, 0.5) is 0 Å². The van der Waals surface area contributed by atoms with Crippen LogP contribution in [-0.2, 0) is 0 Å². The van der Waals surface area contributed by atoms with Crippen LogP contribution in [0.1, 0.15) is 26.2 Å². The first-order chi connectivity index (χ1) is 8.72. The van der Waals surface area contributed by atoms with E-state index in [4.69, 9.17) is 4.74 Å². The Hall–Kier alpha value is -1.02. The first-order valence-electron chi connectivity index (χ1n) is 7.23. The van der Waals surface area contributed by atoms with E-state index in [0.29, 0.717) is 0 Å². The molecule has 0 unspecified atom stereocenters. The highest BCUT2D eigenvalue weighted by Crippen LogP contribution is 2.24. The van der Waals surface area contributed by atoms with Gasteiger partial charge in [0, 0.05) is 0 Å². The second-order valence-corrected chi connectivity index (χ2v) is 5.80. The monoisotopic (exact) mass is 248 g/mol.